The molecule has 0 unspecified atom stereocenters. The summed E-state index contributed by atoms with van der Waals surface area (Å²) in [6.07, 6.45) is 8.86. The summed E-state index contributed by atoms with van der Waals surface area (Å²) in [7, 11) is 0. The maximum atomic E-state index is 12.6. The lowest BCUT2D eigenvalue weighted by molar-refractivity contribution is 0.0937. The number of piperazine rings is 1. The zero-order valence-electron chi connectivity index (χ0n) is 20.9. The third kappa shape index (κ3) is 6.16. The monoisotopic (exact) mass is 495 g/mol. The van der Waals surface area contributed by atoms with Gasteiger partial charge in [0.15, 0.2) is 0 Å². The molecule has 2 saturated heterocycles. The van der Waals surface area contributed by atoms with Crippen LogP contribution in [0.5, 0.6) is 0 Å². The first-order valence-electron chi connectivity index (χ1n) is 13.3. The van der Waals surface area contributed by atoms with Crippen LogP contribution in [0.15, 0.2) is 36.5 Å². The number of nitrogens with zero attached hydrogens (tertiary/aromatic N) is 4. The summed E-state index contributed by atoms with van der Waals surface area (Å²) in [5.74, 6) is 1.05. The highest BCUT2D eigenvalue weighted by Crippen LogP contribution is 2.24. The Morgan fingerprint density at radius 1 is 1.00 bits per heavy atom. The Balaban J connectivity index is 1.09. The Morgan fingerprint density at radius 2 is 1.69 bits per heavy atom. The lowest BCUT2D eigenvalue weighted by atomic mass is 10.0. The van der Waals surface area contributed by atoms with E-state index in [0.717, 1.165) is 75.1 Å². The highest BCUT2D eigenvalue weighted by Gasteiger charge is 2.28. The first-order chi connectivity index (χ1) is 17.0. The summed E-state index contributed by atoms with van der Waals surface area (Å²) >= 11 is 6.02. The maximum Gasteiger partial charge on any atom is 0.253 e. The quantitative estimate of drug-likeness (QED) is 0.639. The van der Waals surface area contributed by atoms with Gasteiger partial charge >= 0.3 is 0 Å². The van der Waals surface area contributed by atoms with Crippen LogP contribution in [0.25, 0.3) is 0 Å². The number of amides is 1. The minimum atomic E-state index is 0.0197. The molecule has 3 aliphatic rings. The third-order valence-corrected chi connectivity index (χ3v) is 8.26. The molecule has 6 nitrogen and oxygen atoms in total. The number of halogens is 1. The Labute approximate surface area is 214 Å². The molecule has 7 heteroatoms. The molecular formula is C28H38ClN5O. The fourth-order valence-electron chi connectivity index (χ4n) is 5.95. The number of nitrogens with one attached hydrogen (secondary N) is 1. The molecule has 0 spiro atoms. The molecule has 188 valence electrons. The second-order valence-corrected chi connectivity index (χ2v) is 10.9. The van der Waals surface area contributed by atoms with Gasteiger partial charge in [-0.05, 0) is 75.0 Å². The predicted molar refractivity (Wildman–Crippen MR) is 142 cm³/mol. The van der Waals surface area contributed by atoms with Crippen molar-refractivity contribution < 1.29 is 4.79 Å². The molecule has 1 amide bonds. The normalized spacial score (nSPS) is 20.9. The summed E-state index contributed by atoms with van der Waals surface area (Å²) in [5.41, 5.74) is 3.11. The number of pyridine rings is 1. The molecule has 3 fully saturated rings. The van der Waals surface area contributed by atoms with Gasteiger partial charge in [-0.15, -0.1) is 0 Å². The molecule has 1 N–H and O–H groups in total. The summed E-state index contributed by atoms with van der Waals surface area (Å²) in [6.45, 7) is 9.53. The van der Waals surface area contributed by atoms with Gasteiger partial charge < -0.3 is 10.2 Å². The molecule has 0 radical (unpaired) electrons. The standard InChI is InChI=1S/C28H38ClN5O/c1-21-18-23(28(35)31-25-4-2-3-5-25)19-30-27(21)34-16-14-33(15-17-34)26-10-12-32(13-11-26)20-22-6-8-24(29)9-7-22/h6-9,18-19,25-26H,2-5,10-17,20H2,1H3,(H,31,35). The van der Waals surface area contributed by atoms with Gasteiger partial charge in [0.2, 0.25) is 0 Å². The molecule has 0 atom stereocenters. The van der Waals surface area contributed by atoms with Crippen LogP contribution in [0.2, 0.25) is 5.02 Å². The second-order valence-electron chi connectivity index (χ2n) is 10.5. The van der Waals surface area contributed by atoms with E-state index in [-0.39, 0.29) is 5.91 Å². The average Bonchev–Trinajstić information content (AvgIpc) is 3.39. The molecule has 2 aliphatic heterocycles. The third-order valence-electron chi connectivity index (χ3n) is 8.01. The lowest BCUT2D eigenvalue weighted by Gasteiger charge is -2.43. The van der Waals surface area contributed by atoms with Crippen LogP contribution in [-0.2, 0) is 6.54 Å². The van der Waals surface area contributed by atoms with E-state index in [2.05, 4.69) is 39.1 Å². The summed E-state index contributed by atoms with van der Waals surface area (Å²) in [6, 6.07) is 11.3. The average molecular weight is 496 g/mol. The minimum absolute atomic E-state index is 0.0197. The number of aromatic nitrogens is 1. The van der Waals surface area contributed by atoms with E-state index in [1.807, 2.05) is 18.2 Å². The number of aryl methyl sites for hydroxylation is 1. The SMILES string of the molecule is Cc1cc(C(=O)NC2CCCC2)cnc1N1CCN(C2CCN(Cc3ccc(Cl)cc3)CC2)CC1. The van der Waals surface area contributed by atoms with Crippen molar-refractivity contribution in [1.29, 1.82) is 0 Å². The van der Waals surface area contributed by atoms with Crippen molar-refractivity contribution in [3.63, 3.8) is 0 Å². The maximum absolute atomic E-state index is 12.6. The second kappa shape index (κ2) is 11.3. The van der Waals surface area contributed by atoms with Gasteiger partial charge in [-0.25, -0.2) is 4.98 Å². The molecular weight excluding hydrogens is 458 g/mol. The van der Waals surface area contributed by atoms with Crippen molar-refractivity contribution in [3.8, 4) is 0 Å². The van der Waals surface area contributed by atoms with E-state index < -0.39 is 0 Å². The van der Waals surface area contributed by atoms with Crippen molar-refractivity contribution in [1.82, 2.24) is 20.1 Å². The number of carbonyl (C=O) groups is 1. The van der Waals surface area contributed by atoms with Gasteiger partial charge in [-0.2, -0.15) is 0 Å². The van der Waals surface area contributed by atoms with Crippen molar-refractivity contribution in [3.05, 3.63) is 58.2 Å². The van der Waals surface area contributed by atoms with Crippen LogP contribution < -0.4 is 10.2 Å². The van der Waals surface area contributed by atoms with Crippen molar-refractivity contribution >= 4 is 23.3 Å². The van der Waals surface area contributed by atoms with E-state index in [9.17, 15) is 4.79 Å². The van der Waals surface area contributed by atoms with Gasteiger partial charge in [0, 0.05) is 56.0 Å². The highest BCUT2D eigenvalue weighted by atomic mass is 35.5. The summed E-state index contributed by atoms with van der Waals surface area (Å²) in [5, 5.41) is 3.98. The first-order valence-corrected chi connectivity index (χ1v) is 13.7. The van der Waals surface area contributed by atoms with Crippen LogP contribution in [0, 0.1) is 6.92 Å². The number of carbonyl (C=O) groups excluding carboxylic acids is 1. The number of rotatable bonds is 6. The molecule has 1 aromatic heterocycles. The molecule has 1 saturated carbocycles. The van der Waals surface area contributed by atoms with Gasteiger partial charge in [-0.3, -0.25) is 14.6 Å². The Kier molecular flexibility index (Phi) is 7.91. The van der Waals surface area contributed by atoms with E-state index in [4.69, 9.17) is 16.6 Å². The number of hydrogen-bond donors (Lipinski definition) is 1. The number of anilines is 1. The van der Waals surface area contributed by atoms with E-state index in [1.54, 1.807) is 6.20 Å². The lowest BCUT2D eigenvalue weighted by Crippen LogP contribution is -2.53. The highest BCUT2D eigenvalue weighted by molar-refractivity contribution is 6.30. The van der Waals surface area contributed by atoms with Gasteiger partial charge in [0.1, 0.15) is 5.82 Å². The van der Waals surface area contributed by atoms with E-state index in [1.165, 1.54) is 31.2 Å². The van der Waals surface area contributed by atoms with Crippen LogP contribution in [0.1, 0.15) is 60.0 Å². The number of piperidine rings is 1. The van der Waals surface area contributed by atoms with Gasteiger partial charge in [0.25, 0.3) is 5.91 Å². The summed E-state index contributed by atoms with van der Waals surface area (Å²) in [4.78, 5) is 25.0. The van der Waals surface area contributed by atoms with Crippen molar-refractivity contribution in [2.24, 2.45) is 0 Å². The predicted octanol–water partition coefficient (Wildman–Crippen LogP) is 4.50. The minimum Gasteiger partial charge on any atom is -0.354 e. The molecule has 5 rings (SSSR count). The molecule has 2 aromatic rings. The van der Waals surface area contributed by atoms with Crippen LogP contribution in [0.3, 0.4) is 0 Å². The van der Waals surface area contributed by atoms with Crippen molar-refractivity contribution in [2.45, 2.75) is 64.1 Å². The number of benzene rings is 1. The van der Waals surface area contributed by atoms with Gasteiger partial charge in [0.05, 0.1) is 5.56 Å². The van der Waals surface area contributed by atoms with Crippen LogP contribution in [-0.4, -0.2) is 72.0 Å². The van der Waals surface area contributed by atoms with Gasteiger partial charge in [-0.1, -0.05) is 36.6 Å². The van der Waals surface area contributed by atoms with E-state index >= 15 is 0 Å². The van der Waals surface area contributed by atoms with Crippen LogP contribution >= 0.6 is 11.6 Å². The van der Waals surface area contributed by atoms with Crippen molar-refractivity contribution in [2.75, 3.05) is 44.2 Å². The number of likely N-dealkylation sites (tertiary alicyclic amines) is 1. The molecule has 1 aliphatic carbocycles. The largest absolute Gasteiger partial charge is 0.354 e. The Bertz CT molecular complexity index is 991. The Hall–Kier alpha value is -2.15. The molecule has 1 aromatic carbocycles. The zero-order valence-corrected chi connectivity index (χ0v) is 21.6. The smallest absolute Gasteiger partial charge is 0.253 e. The fourth-order valence-corrected chi connectivity index (χ4v) is 6.08. The van der Waals surface area contributed by atoms with E-state index in [0.29, 0.717) is 17.6 Å². The molecule has 35 heavy (non-hydrogen) atoms. The van der Waals surface area contributed by atoms with Crippen LogP contribution in [0.4, 0.5) is 5.82 Å². The zero-order chi connectivity index (χ0) is 24.2. The topological polar surface area (TPSA) is 51.7 Å². The fraction of sp³-hybridized carbons (Fsp3) is 0.571. The summed E-state index contributed by atoms with van der Waals surface area (Å²) < 4.78 is 0. The molecule has 3 heterocycles. The first kappa shape index (κ1) is 24.5. The Morgan fingerprint density at radius 3 is 2.34 bits per heavy atom. The number of hydrogen-bond acceptors (Lipinski definition) is 5. The molecule has 0 bridgehead atoms.